The molecule has 2 aromatic carbocycles. The summed E-state index contributed by atoms with van der Waals surface area (Å²) < 4.78 is 29.3. The Hall–Kier alpha value is -2.34. The molecule has 0 saturated heterocycles. The molecule has 22 heavy (non-hydrogen) atoms. The van der Waals surface area contributed by atoms with Crippen molar-refractivity contribution in [2.75, 3.05) is 5.32 Å². The third-order valence-electron chi connectivity index (χ3n) is 3.13. The van der Waals surface area contributed by atoms with E-state index >= 15 is 0 Å². The van der Waals surface area contributed by atoms with Crippen LogP contribution in [0.2, 0.25) is 0 Å². The second kappa shape index (κ2) is 6.62. The van der Waals surface area contributed by atoms with Crippen molar-refractivity contribution in [3.05, 3.63) is 65.7 Å². The highest BCUT2D eigenvalue weighted by Gasteiger charge is 2.07. The van der Waals surface area contributed by atoms with Crippen LogP contribution in [0.3, 0.4) is 0 Å². The van der Waals surface area contributed by atoms with E-state index in [-0.39, 0.29) is 5.56 Å². The predicted molar refractivity (Wildman–Crippen MR) is 84.1 cm³/mol. The molecule has 0 fully saturated rings. The molecule has 6 heteroatoms. The highest BCUT2D eigenvalue weighted by Crippen LogP contribution is 2.22. The fourth-order valence-electron chi connectivity index (χ4n) is 1.96. The highest BCUT2D eigenvalue weighted by atomic mass is 32.1. The van der Waals surface area contributed by atoms with E-state index in [0.29, 0.717) is 17.5 Å². The predicted octanol–water partition coefficient (Wildman–Crippen LogP) is 4.75. The van der Waals surface area contributed by atoms with Crippen LogP contribution < -0.4 is 5.32 Å². The minimum atomic E-state index is -2.43. The summed E-state index contributed by atoms with van der Waals surface area (Å²) in [6, 6.07) is 16.0. The molecule has 1 N–H and O–H groups in total. The van der Waals surface area contributed by atoms with Gasteiger partial charge >= 0.3 is 0 Å². The van der Waals surface area contributed by atoms with Crippen LogP contribution >= 0.6 is 11.5 Å². The summed E-state index contributed by atoms with van der Waals surface area (Å²) in [7, 11) is 0. The number of rotatable bonds is 5. The number of benzene rings is 2. The first-order chi connectivity index (χ1) is 10.7. The standard InChI is InChI=1S/C16H13F2N3S/c17-14(18)12-8-6-11(7-9-12)10-19-16-20-15(21-22-16)13-4-2-1-3-5-13/h1-9,14H,10H2,(H,19,20,21). The van der Waals surface area contributed by atoms with Gasteiger partial charge in [-0.2, -0.15) is 9.36 Å². The third kappa shape index (κ3) is 3.46. The maximum Gasteiger partial charge on any atom is 0.263 e. The molecule has 0 unspecified atom stereocenters. The van der Waals surface area contributed by atoms with Gasteiger partial charge in [0.05, 0.1) is 0 Å². The normalized spacial score (nSPS) is 10.9. The van der Waals surface area contributed by atoms with Gasteiger partial charge in [0.1, 0.15) is 0 Å². The van der Waals surface area contributed by atoms with E-state index in [1.54, 1.807) is 12.1 Å². The van der Waals surface area contributed by atoms with Crippen molar-refractivity contribution in [1.29, 1.82) is 0 Å². The molecular formula is C16H13F2N3S. The molecule has 3 aromatic rings. The number of alkyl halides is 2. The van der Waals surface area contributed by atoms with Crippen LogP contribution in [0.1, 0.15) is 17.6 Å². The maximum absolute atomic E-state index is 12.5. The molecule has 0 aliphatic heterocycles. The fourth-order valence-corrected chi connectivity index (χ4v) is 2.54. The Kier molecular flexibility index (Phi) is 4.39. The van der Waals surface area contributed by atoms with Crippen LogP contribution in [0.15, 0.2) is 54.6 Å². The Morgan fingerprint density at radius 2 is 1.73 bits per heavy atom. The summed E-state index contributed by atoms with van der Waals surface area (Å²) in [5.41, 5.74) is 1.92. The minimum Gasteiger partial charge on any atom is -0.356 e. The lowest BCUT2D eigenvalue weighted by Crippen LogP contribution is -1.99. The van der Waals surface area contributed by atoms with E-state index in [0.717, 1.165) is 11.1 Å². The monoisotopic (exact) mass is 317 g/mol. The van der Waals surface area contributed by atoms with Crippen molar-refractivity contribution in [3.8, 4) is 11.4 Å². The number of halogens is 2. The molecule has 0 bridgehead atoms. The van der Waals surface area contributed by atoms with Gasteiger partial charge in [-0.3, -0.25) is 0 Å². The Bertz CT molecular complexity index is 727. The van der Waals surface area contributed by atoms with Crippen LogP contribution in [0.4, 0.5) is 13.9 Å². The first kappa shape index (κ1) is 14.6. The van der Waals surface area contributed by atoms with E-state index < -0.39 is 6.43 Å². The largest absolute Gasteiger partial charge is 0.356 e. The maximum atomic E-state index is 12.5. The molecule has 0 aliphatic rings. The zero-order valence-electron chi connectivity index (χ0n) is 11.5. The van der Waals surface area contributed by atoms with Gasteiger partial charge in [-0.1, -0.05) is 54.6 Å². The van der Waals surface area contributed by atoms with E-state index in [4.69, 9.17) is 0 Å². The fraction of sp³-hybridized carbons (Fsp3) is 0.125. The number of nitrogens with zero attached hydrogens (tertiary/aromatic N) is 2. The van der Waals surface area contributed by atoms with E-state index in [2.05, 4.69) is 14.7 Å². The van der Waals surface area contributed by atoms with Gasteiger partial charge in [-0.15, -0.1) is 0 Å². The van der Waals surface area contributed by atoms with E-state index in [1.165, 1.54) is 23.7 Å². The van der Waals surface area contributed by atoms with Gasteiger partial charge in [0.25, 0.3) is 6.43 Å². The number of hydrogen-bond acceptors (Lipinski definition) is 4. The molecule has 0 aliphatic carbocycles. The van der Waals surface area contributed by atoms with Crippen molar-refractivity contribution in [1.82, 2.24) is 9.36 Å². The molecule has 3 rings (SSSR count). The molecule has 0 amide bonds. The minimum absolute atomic E-state index is 0.0334. The highest BCUT2D eigenvalue weighted by molar-refractivity contribution is 7.09. The van der Waals surface area contributed by atoms with Crippen LogP contribution in [-0.4, -0.2) is 9.36 Å². The second-order valence-corrected chi connectivity index (χ2v) is 5.44. The van der Waals surface area contributed by atoms with Gasteiger partial charge in [0.2, 0.25) is 5.13 Å². The van der Waals surface area contributed by atoms with Crippen LogP contribution in [0, 0.1) is 0 Å². The van der Waals surface area contributed by atoms with E-state index in [1.807, 2.05) is 30.3 Å². The summed E-state index contributed by atoms with van der Waals surface area (Å²) in [6.45, 7) is 0.521. The molecule has 0 saturated carbocycles. The molecule has 3 nitrogen and oxygen atoms in total. The Labute approximate surface area is 130 Å². The lowest BCUT2D eigenvalue weighted by molar-refractivity contribution is 0.151. The van der Waals surface area contributed by atoms with E-state index in [9.17, 15) is 8.78 Å². The lowest BCUT2D eigenvalue weighted by Gasteiger charge is -2.04. The zero-order valence-corrected chi connectivity index (χ0v) is 12.4. The second-order valence-electron chi connectivity index (χ2n) is 4.68. The average Bonchev–Trinajstić information content (AvgIpc) is 3.03. The molecular weight excluding hydrogens is 304 g/mol. The zero-order chi connectivity index (χ0) is 15.4. The molecule has 0 radical (unpaired) electrons. The lowest BCUT2D eigenvalue weighted by atomic mass is 10.1. The van der Waals surface area contributed by atoms with Crippen molar-refractivity contribution >= 4 is 16.7 Å². The van der Waals surface area contributed by atoms with Gasteiger partial charge in [-0.05, 0) is 5.56 Å². The van der Waals surface area contributed by atoms with Gasteiger partial charge in [0, 0.05) is 29.2 Å². The number of hydrogen-bond donors (Lipinski definition) is 1. The first-order valence-corrected chi connectivity index (χ1v) is 7.50. The quantitative estimate of drug-likeness (QED) is 0.737. The number of aromatic nitrogens is 2. The van der Waals surface area contributed by atoms with Crippen molar-refractivity contribution in [3.63, 3.8) is 0 Å². The molecule has 1 aromatic heterocycles. The summed E-state index contributed by atoms with van der Waals surface area (Å²) in [5, 5.41) is 3.86. The number of nitrogens with one attached hydrogen (secondary N) is 1. The molecule has 0 atom stereocenters. The van der Waals surface area contributed by atoms with Gasteiger partial charge in [-0.25, -0.2) is 8.78 Å². The van der Waals surface area contributed by atoms with Crippen LogP contribution in [0.5, 0.6) is 0 Å². The third-order valence-corrected chi connectivity index (χ3v) is 3.81. The van der Waals surface area contributed by atoms with Gasteiger partial charge < -0.3 is 5.32 Å². The molecule has 0 spiro atoms. The Morgan fingerprint density at radius 1 is 1.00 bits per heavy atom. The van der Waals surface area contributed by atoms with Crippen molar-refractivity contribution in [2.45, 2.75) is 13.0 Å². The average molecular weight is 317 g/mol. The SMILES string of the molecule is FC(F)c1ccc(CNc2nc(-c3ccccc3)ns2)cc1. The Morgan fingerprint density at radius 3 is 2.41 bits per heavy atom. The smallest absolute Gasteiger partial charge is 0.263 e. The molecule has 1 heterocycles. The van der Waals surface area contributed by atoms with Gasteiger partial charge in [0.15, 0.2) is 5.82 Å². The Balaban J connectivity index is 1.63. The van der Waals surface area contributed by atoms with Crippen molar-refractivity contribution in [2.24, 2.45) is 0 Å². The molecule has 112 valence electrons. The first-order valence-electron chi connectivity index (χ1n) is 6.72. The summed E-state index contributed by atoms with van der Waals surface area (Å²) in [5.74, 6) is 0.682. The summed E-state index contributed by atoms with van der Waals surface area (Å²) in [6.07, 6.45) is -2.43. The topological polar surface area (TPSA) is 37.8 Å². The summed E-state index contributed by atoms with van der Waals surface area (Å²) >= 11 is 1.28. The van der Waals surface area contributed by atoms with Crippen LogP contribution in [-0.2, 0) is 6.54 Å². The number of anilines is 1. The summed E-state index contributed by atoms with van der Waals surface area (Å²) in [4.78, 5) is 4.42. The van der Waals surface area contributed by atoms with Crippen LogP contribution in [0.25, 0.3) is 11.4 Å². The van der Waals surface area contributed by atoms with Crippen molar-refractivity contribution < 1.29 is 8.78 Å².